The van der Waals surface area contributed by atoms with Gasteiger partial charge in [-0.1, -0.05) is 49.6 Å². The van der Waals surface area contributed by atoms with Crippen molar-refractivity contribution in [1.29, 1.82) is 0 Å². The molecule has 0 radical (unpaired) electrons. The molecule has 1 heterocycles. The van der Waals surface area contributed by atoms with E-state index in [0.717, 1.165) is 52.0 Å². The number of piperazine rings is 1. The van der Waals surface area contributed by atoms with E-state index in [1.165, 1.54) is 24.8 Å². The van der Waals surface area contributed by atoms with Crippen LogP contribution >= 0.6 is 0 Å². The molecule has 2 fully saturated rings. The summed E-state index contributed by atoms with van der Waals surface area (Å²) in [6, 6.07) is 11.3. The Balaban J connectivity index is 1.45. The first-order chi connectivity index (χ1) is 12.2. The first kappa shape index (κ1) is 18.4. The summed E-state index contributed by atoms with van der Waals surface area (Å²) >= 11 is 0. The van der Waals surface area contributed by atoms with Crippen LogP contribution in [0.1, 0.15) is 50.1 Å². The van der Waals surface area contributed by atoms with Gasteiger partial charge in [0, 0.05) is 44.7 Å². The summed E-state index contributed by atoms with van der Waals surface area (Å²) in [5.74, 6) is 0.562. The minimum atomic E-state index is 0.273. The van der Waals surface area contributed by atoms with E-state index in [9.17, 15) is 4.79 Å². The van der Waals surface area contributed by atoms with E-state index in [1.807, 2.05) is 0 Å². The molecule has 138 valence electrons. The van der Waals surface area contributed by atoms with Gasteiger partial charge in [-0.25, -0.2) is 0 Å². The normalized spacial score (nSPS) is 23.5. The van der Waals surface area contributed by atoms with Crippen LogP contribution in [0.25, 0.3) is 0 Å². The molecule has 1 aliphatic heterocycles. The van der Waals surface area contributed by atoms with Crippen molar-refractivity contribution in [3.8, 4) is 0 Å². The van der Waals surface area contributed by atoms with Gasteiger partial charge in [-0.05, 0) is 31.9 Å². The summed E-state index contributed by atoms with van der Waals surface area (Å²) < 4.78 is 0. The molecule has 1 aliphatic carbocycles. The molecule has 1 saturated carbocycles. The van der Waals surface area contributed by atoms with Gasteiger partial charge in [0.2, 0.25) is 5.91 Å². The molecule has 1 atom stereocenters. The SMILES string of the molecule is CN1CCN(CCCNC(=O)C2CCCCC2)C(c2ccccc2)C1. The Hall–Kier alpha value is -1.39. The van der Waals surface area contributed by atoms with E-state index < -0.39 is 0 Å². The average Bonchev–Trinajstić information content (AvgIpc) is 2.67. The second-order valence-electron chi connectivity index (χ2n) is 7.70. The van der Waals surface area contributed by atoms with Crippen LogP contribution < -0.4 is 5.32 Å². The van der Waals surface area contributed by atoms with E-state index in [2.05, 4.69) is 52.5 Å². The van der Waals surface area contributed by atoms with Gasteiger partial charge in [-0.15, -0.1) is 0 Å². The van der Waals surface area contributed by atoms with Gasteiger partial charge in [0.05, 0.1) is 0 Å². The maximum absolute atomic E-state index is 12.2. The van der Waals surface area contributed by atoms with Crippen LogP contribution in [0.2, 0.25) is 0 Å². The van der Waals surface area contributed by atoms with Crippen molar-refractivity contribution in [2.75, 3.05) is 39.8 Å². The fourth-order valence-electron chi connectivity index (χ4n) is 4.22. The minimum absolute atomic E-state index is 0.273. The fourth-order valence-corrected chi connectivity index (χ4v) is 4.22. The van der Waals surface area contributed by atoms with Crippen LogP contribution in [0.15, 0.2) is 30.3 Å². The Kier molecular flexibility index (Phi) is 6.88. The Morgan fingerprint density at radius 2 is 1.88 bits per heavy atom. The third-order valence-electron chi connectivity index (χ3n) is 5.78. The van der Waals surface area contributed by atoms with Crippen LogP contribution in [-0.4, -0.2) is 55.5 Å². The number of rotatable bonds is 6. The van der Waals surface area contributed by atoms with Crippen molar-refractivity contribution in [2.45, 2.75) is 44.6 Å². The van der Waals surface area contributed by atoms with Gasteiger partial charge >= 0.3 is 0 Å². The molecular weight excluding hydrogens is 310 g/mol. The quantitative estimate of drug-likeness (QED) is 0.807. The van der Waals surface area contributed by atoms with Gasteiger partial charge in [0.15, 0.2) is 0 Å². The number of carbonyl (C=O) groups is 1. The number of hydrogen-bond acceptors (Lipinski definition) is 3. The number of hydrogen-bond donors (Lipinski definition) is 1. The van der Waals surface area contributed by atoms with E-state index in [1.54, 1.807) is 0 Å². The lowest BCUT2D eigenvalue weighted by atomic mass is 9.89. The summed E-state index contributed by atoms with van der Waals surface area (Å²) in [6.07, 6.45) is 6.94. The van der Waals surface area contributed by atoms with Gasteiger partial charge in [0.25, 0.3) is 0 Å². The minimum Gasteiger partial charge on any atom is -0.356 e. The molecule has 3 rings (SSSR count). The lowest BCUT2D eigenvalue weighted by molar-refractivity contribution is -0.125. The number of likely N-dealkylation sites (N-methyl/N-ethyl adjacent to an activating group) is 1. The number of nitrogens with one attached hydrogen (secondary N) is 1. The van der Waals surface area contributed by atoms with Gasteiger partial charge in [-0.2, -0.15) is 0 Å². The van der Waals surface area contributed by atoms with Gasteiger partial charge in [0.1, 0.15) is 0 Å². The van der Waals surface area contributed by atoms with Gasteiger partial charge in [-0.3, -0.25) is 9.69 Å². The third kappa shape index (κ3) is 5.29. The average molecular weight is 344 g/mol. The molecule has 0 bridgehead atoms. The predicted molar refractivity (Wildman–Crippen MR) is 102 cm³/mol. The number of nitrogens with zero attached hydrogens (tertiary/aromatic N) is 2. The van der Waals surface area contributed by atoms with Crippen molar-refractivity contribution in [3.63, 3.8) is 0 Å². The van der Waals surface area contributed by atoms with Crippen LogP contribution in [0, 0.1) is 5.92 Å². The zero-order valence-corrected chi connectivity index (χ0v) is 15.6. The van der Waals surface area contributed by atoms with E-state index in [0.29, 0.717) is 6.04 Å². The van der Waals surface area contributed by atoms with E-state index in [4.69, 9.17) is 0 Å². The second kappa shape index (κ2) is 9.35. The standard InChI is InChI=1S/C21H33N3O/c1-23-15-16-24(20(17-23)18-9-4-2-5-10-18)14-8-13-22-21(25)19-11-6-3-7-12-19/h2,4-5,9-10,19-20H,3,6-8,11-17H2,1H3,(H,22,25). The highest BCUT2D eigenvalue weighted by Gasteiger charge is 2.26. The zero-order chi connectivity index (χ0) is 17.5. The van der Waals surface area contributed by atoms with Crippen molar-refractivity contribution in [2.24, 2.45) is 5.92 Å². The van der Waals surface area contributed by atoms with Crippen molar-refractivity contribution >= 4 is 5.91 Å². The number of benzene rings is 1. The lowest BCUT2D eigenvalue weighted by Gasteiger charge is -2.40. The van der Waals surface area contributed by atoms with Gasteiger partial charge < -0.3 is 10.2 Å². The molecule has 1 aromatic rings. The smallest absolute Gasteiger partial charge is 0.223 e. The highest BCUT2D eigenvalue weighted by Crippen LogP contribution is 2.25. The Labute approximate surface area is 152 Å². The molecule has 1 unspecified atom stereocenters. The first-order valence-corrected chi connectivity index (χ1v) is 9.99. The van der Waals surface area contributed by atoms with Crippen molar-refractivity contribution in [1.82, 2.24) is 15.1 Å². The lowest BCUT2D eigenvalue weighted by Crippen LogP contribution is -2.47. The second-order valence-corrected chi connectivity index (χ2v) is 7.70. The van der Waals surface area contributed by atoms with E-state index in [-0.39, 0.29) is 11.8 Å². The van der Waals surface area contributed by atoms with Crippen molar-refractivity contribution in [3.05, 3.63) is 35.9 Å². The summed E-state index contributed by atoms with van der Waals surface area (Å²) in [6.45, 7) is 5.17. The molecule has 25 heavy (non-hydrogen) atoms. The molecule has 2 aliphatic rings. The van der Waals surface area contributed by atoms with Crippen molar-refractivity contribution < 1.29 is 4.79 Å². The summed E-state index contributed by atoms with van der Waals surface area (Å²) in [4.78, 5) is 17.2. The highest BCUT2D eigenvalue weighted by atomic mass is 16.1. The van der Waals surface area contributed by atoms with Crippen LogP contribution in [0.3, 0.4) is 0 Å². The summed E-state index contributed by atoms with van der Waals surface area (Å²) in [5.41, 5.74) is 1.40. The summed E-state index contributed by atoms with van der Waals surface area (Å²) in [5, 5.41) is 3.18. The molecule has 1 amide bonds. The van der Waals surface area contributed by atoms with E-state index >= 15 is 0 Å². The maximum atomic E-state index is 12.2. The number of amides is 1. The molecule has 4 heteroatoms. The topological polar surface area (TPSA) is 35.6 Å². The molecule has 0 aromatic heterocycles. The highest BCUT2D eigenvalue weighted by molar-refractivity contribution is 5.78. The molecule has 4 nitrogen and oxygen atoms in total. The van der Waals surface area contributed by atoms with Crippen LogP contribution in [-0.2, 0) is 4.79 Å². The monoisotopic (exact) mass is 343 g/mol. The Bertz CT molecular complexity index is 527. The summed E-state index contributed by atoms with van der Waals surface area (Å²) in [7, 11) is 2.21. The molecule has 0 spiro atoms. The molecule has 1 N–H and O–H groups in total. The molecule has 1 saturated heterocycles. The molecule has 1 aromatic carbocycles. The maximum Gasteiger partial charge on any atom is 0.223 e. The fraction of sp³-hybridized carbons (Fsp3) is 0.667. The van der Waals surface area contributed by atoms with Crippen LogP contribution in [0.4, 0.5) is 0 Å². The zero-order valence-electron chi connectivity index (χ0n) is 15.6. The largest absolute Gasteiger partial charge is 0.356 e. The number of carbonyl (C=O) groups excluding carboxylic acids is 1. The Morgan fingerprint density at radius 3 is 2.64 bits per heavy atom. The predicted octanol–water partition coefficient (Wildman–Crippen LogP) is 3.06. The van der Waals surface area contributed by atoms with Crippen LogP contribution in [0.5, 0.6) is 0 Å². The first-order valence-electron chi connectivity index (χ1n) is 9.99. The Morgan fingerprint density at radius 1 is 1.12 bits per heavy atom. The third-order valence-corrected chi connectivity index (χ3v) is 5.78. The molecular formula is C21H33N3O.